The van der Waals surface area contributed by atoms with Crippen molar-refractivity contribution >= 4 is 23.4 Å². The molecule has 0 saturated heterocycles. The Morgan fingerprint density at radius 1 is 1.09 bits per heavy atom. The first-order valence-electron chi connectivity index (χ1n) is 9.74. The van der Waals surface area contributed by atoms with E-state index in [1.54, 1.807) is 25.1 Å². The molecule has 0 radical (unpaired) electrons. The van der Waals surface area contributed by atoms with E-state index in [9.17, 15) is 22.4 Å². The summed E-state index contributed by atoms with van der Waals surface area (Å²) in [6, 6.07) is 9.61. The molecule has 1 N–H and O–H groups in total. The van der Waals surface area contributed by atoms with Crippen molar-refractivity contribution in [2.45, 2.75) is 24.7 Å². The summed E-state index contributed by atoms with van der Waals surface area (Å²) in [5.74, 6) is 0.149. The second kappa shape index (κ2) is 9.26. The van der Waals surface area contributed by atoms with Crippen LogP contribution in [0, 0.1) is 12.7 Å². The van der Waals surface area contributed by atoms with E-state index in [1.165, 1.54) is 18.2 Å². The Balaban J connectivity index is 1.48. The van der Waals surface area contributed by atoms with Crippen molar-refractivity contribution in [3.63, 3.8) is 0 Å². The number of benzene rings is 2. The lowest BCUT2D eigenvalue weighted by Gasteiger charge is -2.11. The quantitative estimate of drug-likeness (QED) is 0.288. The number of anilines is 1. The second-order valence-electron chi connectivity index (χ2n) is 7.09. The molecule has 0 atom stereocenters. The maximum atomic E-state index is 13.4. The molecule has 0 saturated carbocycles. The summed E-state index contributed by atoms with van der Waals surface area (Å²) in [7, 11) is 0. The van der Waals surface area contributed by atoms with Gasteiger partial charge in [0.25, 0.3) is 0 Å². The zero-order valence-electron chi connectivity index (χ0n) is 17.2. The Hall–Kier alpha value is -3.34. The molecule has 11 heteroatoms. The van der Waals surface area contributed by atoms with Gasteiger partial charge in [-0.2, -0.15) is 13.2 Å². The Bertz CT molecular complexity index is 1200. The van der Waals surface area contributed by atoms with Crippen LogP contribution >= 0.6 is 11.8 Å². The average Bonchev–Trinajstić information content (AvgIpc) is 3.23. The van der Waals surface area contributed by atoms with Crippen LogP contribution in [0.15, 0.2) is 47.6 Å². The number of aromatic nitrogens is 2. The summed E-state index contributed by atoms with van der Waals surface area (Å²) < 4.78 is 64.1. The number of carbonyl (C=O) groups excluding carboxylic acids is 1. The van der Waals surface area contributed by atoms with Crippen molar-refractivity contribution in [2.24, 2.45) is 0 Å². The van der Waals surface area contributed by atoms with E-state index < -0.39 is 23.6 Å². The smallest absolute Gasteiger partial charge is 0.433 e. The number of halogens is 4. The normalized spacial score (nSPS) is 12.6. The molecular formula is C22H17F4N3O3S. The monoisotopic (exact) mass is 479 g/mol. The fourth-order valence-corrected chi connectivity index (χ4v) is 3.81. The Kier molecular flexibility index (Phi) is 6.41. The van der Waals surface area contributed by atoms with Crippen LogP contribution in [0.3, 0.4) is 0 Å². The number of thioether (sulfide) groups is 1. The predicted molar refractivity (Wildman–Crippen MR) is 114 cm³/mol. The van der Waals surface area contributed by atoms with E-state index in [1.807, 2.05) is 0 Å². The third kappa shape index (κ3) is 5.54. The van der Waals surface area contributed by atoms with Crippen LogP contribution < -0.4 is 14.8 Å². The number of amides is 1. The van der Waals surface area contributed by atoms with Gasteiger partial charge in [0.15, 0.2) is 16.7 Å². The lowest BCUT2D eigenvalue weighted by atomic mass is 10.1. The number of nitrogens with one attached hydrogen (secondary N) is 1. The highest BCUT2D eigenvalue weighted by atomic mass is 32.2. The SMILES string of the molecule is Cc1ccc(F)cc1NC(=O)CCSc1nc(-c2ccc3c(c2)OCO3)cc(C(F)(F)F)n1. The summed E-state index contributed by atoms with van der Waals surface area (Å²) in [4.78, 5) is 20.0. The average molecular weight is 479 g/mol. The van der Waals surface area contributed by atoms with E-state index in [-0.39, 0.29) is 29.8 Å². The van der Waals surface area contributed by atoms with Crippen LogP contribution in [0.5, 0.6) is 11.5 Å². The maximum absolute atomic E-state index is 13.4. The summed E-state index contributed by atoms with van der Waals surface area (Å²) in [5.41, 5.74) is 0.413. The topological polar surface area (TPSA) is 73.3 Å². The highest BCUT2D eigenvalue weighted by molar-refractivity contribution is 7.99. The first-order chi connectivity index (χ1) is 15.7. The first kappa shape index (κ1) is 22.8. The van der Waals surface area contributed by atoms with E-state index in [4.69, 9.17) is 9.47 Å². The van der Waals surface area contributed by atoms with Gasteiger partial charge in [-0.05, 0) is 48.9 Å². The van der Waals surface area contributed by atoms with Gasteiger partial charge in [-0.3, -0.25) is 4.79 Å². The lowest BCUT2D eigenvalue weighted by molar-refractivity contribution is -0.141. The van der Waals surface area contributed by atoms with Crippen LogP contribution in [0.25, 0.3) is 11.3 Å². The minimum atomic E-state index is -4.67. The summed E-state index contributed by atoms with van der Waals surface area (Å²) in [6.07, 6.45) is -4.70. The summed E-state index contributed by atoms with van der Waals surface area (Å²) in [6.45, 7) is 1.76. The van der Waals surface area contributed by atoms with Gasteiger partial charge < -0.3 is 14.8 Å². The molecule has 33 heavy (non-hydrogen) atoms. The highest BCUT2D eigenvalue weighted by Gasteiger charge is 2.34. The zero-order chi connectivity index (χ0) is 23.6. The van der Waals surface area contributed by atoms with E-state index in [2.05, 4.69) is 15.3 Å². The number of nitrogens with zero attached hydrogens (tertiary/aromatic N) is 2. The van der Waals surface area contributed by atoms with E-state index in [0.717, 1.165) is 17.8 Å². The number of aryl methyl sites for hydroxylation is 1. The molecule has 2 heterocycles. The fraction of sp³-hybridized carbons (Fsp3) is 0.227. The molecule has 172 valence electrons. The number of hydrogen-bond donors (Lipinski definition) is 1. The zero-order valence-corrected chi connectivity index (χ0v) is 18.0. The van der Waals surface area contributed by atoms with E-state index in [0.29, 0.717) is 28.3 Å². The van der Waals surface area contributed by atoms with Gasteiger partial charge in [0.05, 0.1) is 5.69 Å². The molecule has 6 nitrogen and oxygen atoms in total. The van der Waals surface area contributed by atoms with Crippen LogP contribution in [-0.4, -0.2) is 28.4 Å². The molecule has 4 rings (SSSR count). The molecule has 0 fully saturated rings. The van der Waals surface area contributed by atoms with E-state index >= 15 is 0 Å². The molecule has 0 aliphatic carbocycles. The maximum Gasteiger partial charge on any atom is 0.433 e. The molecule has 2 aromatic carbocycles. The van der Waals surface area contributed by atoms with Crippen molar-refractivity contribution < 1.29 is 31.8 Å². The minimum Gasteiger partial charge on any atom is -0.454 e. The molecule has 1 amide bonds. The van der Waals surface area contributed by atoms with Gasteiger partial charge >= 0.3 is 6.18 Å². The molecule has 3 aromatic rings. The number of fused-ring (bicyclic) bond motifs is 1. The van der Waals surface area contributed by atoms with Crippen LogP contribution in [-0.2, 0) is 11.0 Å². The Morgan fingerprint density at radius 3 is 2.67 bits per heavy atom. The van der Waals surface area contributed by atoms with Gasteiger partial charge in [-0.1, -0.05) is 17.8 Å². The van der Waals surface area contributed by atoms with Gasteiger partial charge in [0.2, 0.25) is 12.7 Å². The third-order valence-electron chi connectivity index (χ3n) is 4.70. The lowest BCUT2D eigenvalue weighted by Crippen LogP contribution is -2.14. The van der Waals surface area contributed by atoms with Crippen LogP contribution in [0.2, 0.25) is 0 Å². The molecule has 1 aliphatic rings. The van der Waals surface area contributed by atoms with Gasteiger partial charge in [0.1, 0.15) is 11.5 Å². The van der Waals surface area contributed by atoms with Crippen molar-refractivity contribution in [3.8, 4) is 22.8 Å². The van der Waals surface area contributed by atoms with Crippen molar-refractivity contribution in [3.05, 3.63) is 59.5 Å². The number of ether oxygens (including phenoxy) is 2. The summed E-state index contributed by atoms with van der Waals surface area (Å²) >= 11 is 0.918. The molecule has 0 bridgehead atoms. The van der Waals surface area contributed by atoms with Crippen molar-refractivity contribution in [2.75, 3.05) is 17.9 Å². The predicted octanol–water partition coefficient (Wildman–Crippen LogP) is 5.46. The Labute approximate surface area is 190 Å². The highest BCUT2D eigenvalue weighted by Crippen LogP contribution is 2.37. The molecule has 0 unspecified atom stereocenters. The summed E-state index contributed by atoms with van der Waals surface area (Å²) in [5, 5.41) is 2.48. The van der Waals surface area contributed by atoms with Crippen LogP contribution in [0.4, 0.5) is 23.2 Å². The number of rotatable bonds is 6. The fourth-order valence-electron chi connectivity index (χ4n) is 3.02. The Morgan fingerprint density at radius 2 is 1.88 bits per heavy atom. The second-order valence-corrected chi connectivity index (χ2v) is 8.15. The standard InChI is InChI=1S/C22H17F4N3O3S/c1-12-2-4-14(23)9-15(12)27-20(30)6-7-33-21-28-16(10-19(29-21)22(24,25)26)13-3-5-17-18(8-13)32-11-31-17/h2-5,8-10H,6-7,11H2,1H3,(H,27,30). The van der Waals surface area contributed by atoms with Gasteiger partial charge in [0, 0.05) is 23.4 Å². The van der Waals surface area contributed by atoms with Gasteiger partial charge in [-0.25, -0.2) is 14.4 Å². The van der Waals surface area contributed by atoms with Gasteiger partial charge in [-0.15, -0.1) is 0 Å². The third-order valence-corrected chi connectivity index (χ3v) is 5.55. The van der Waals surface area contributed by atoms with Crippen LogP contribution in [0.1, 0.15) is 17.7 Å². The molecule has 1 aromatic heterocycles. The van der Waals surface area contributed by atoms with Crippen molar-refractivity contribution in [1.82, 2.24) is 9.97 Å². The first-order valence-corrected chi connectivity index (χ1v) is 10.7. The molecular weight excluding hydrogens is 462 g/mol. The number of carbonyl (C=O) groups is 1. The number of hydrogen-bond acceptors (Lipinski definition) is 6. The molecule has 0 spiro atoms. The minimum absolute atomic E-state index is 0.0282. The number of alkyl halides is 3. The molecule has 1 aliphatic heterocycles. The van der Waals surface area contributed by atoms with Crippen molar-refractivity contribution in [1.29, 1.82) is 0 Å². The largest absolute Gasteiger partial charge is 0.454 e.